The Balaban J connectivity index is 0.00000361. The number of unbranched alkanes of at least 4 members (excludes halogenated alkanes) is 1. The fourth-order valence-corrected chi connectivity index (χ4v) is 4.06. The number of hydrogen-bond donors (Lipinski definition) is 2. The van der Waals surface area contributed by atoms with Crippen LogP contribution >= 0.6 is 47.5 Å². The van der Waals surface area contributed by atoms with Gasteiger partial charge in [-0.05, 0) is 49.9 Å². The van der Waals surface area contributed by atoms with E-state index in [0.717, 1.165) is 17.8 Å². The first kappa shape index (κ1) is 20.7. The number of guanidine groups is 1. The first-order valence-corrected chi connectivity index (χ1v) is 9.82. The Morgan fingerprint density at radius 1 is 1.30 bits per heavy atom. The van der Waals surface area contributed by atoms with Gasteiger partial charge in [0.05, 0.1) is 0 Å². The second kappa shape index (κ2) is 13.4. The number of aliphatic imine (C=N–C) groups is 1. The SMILES string of the molecule is CCSC1CCC(NC(=NC)NCCCCSC)C1.I. The molecule has 20 heavy (non-hydrogen) atoms. The van der Waals surface area contributed by atoms with Crippen LogP contribution in [0, 0.1) is 0 Å². The predicted molar refractivity (Wildman–Crippen MR) is 107 cm³/mol. The molecule has 0 amide bonds. The van der Waals surface area contributed by atoms with Crippen LogP contribution in [0.4, 0.5) is 0 Å². The molecule has 1 aliphatic carbocycles. The van der Waals surface area contributed by atoms with Crippen molar-refractivity contribution < 1.29 is 0 Å². The van der Waals surface area contributed by atoms with Crippen LogP contribution in [-0.2, 0) is 0 Å². The smallest absolute Gasteiger partial charge is 0.191 e. The molecule has 6 heteroatoms. The van der Waals surface area contributed by atoms with Gasteiger partial charge in [0, 0.05) is 24.9 Å². The molecule has 0 spiro atoms. The predicted octanol–water partition coefficient (Wildman–Crippen LogP) is 3.59. The first-order valence-electron chi connectivity index (χ1n) is 7.37. The number of hydrogen-bond acceptors (Lipinski definition) is 3. The second-order valence-electron chi connectivity index (χ2n) is 4.93. The summed E-state index contributed by atoms with van der Waals surface area (Å²) in [5.41, 5.74) is 0. The van der Waals surface area contributed by atoms with Crippen molar-refractivity contribution in [2.45, 2.75) is 50.3 Å². The summed E-state index contributed by atoms with van der Waals surface area (Å²) in [5, 5.41) is 7.84. The lowest BCUT2D eigenvalue weighted by Crippen LogP contribution is -2.42. The minimum atomic E-state index is 0. The molecular formula is C14H30IN3S2. The summed E-state index contributed by atoms with van der Waals surface area (Å²) in [6, 6.07) is 0.612. The molecule has 1 fully saturated rings. The zero-order valence-corrected chi connectivity index (χ0v) is 16.9. The molecule has 0 bridgehead atoms. The van der Waals surface area contributed by atoms with E-state index in [2.05, 4.69) is 40.6 Å². The van der Waals surface area contributed by atoms with Crippen molar-refractivity contribution in [2.24, 2.45) is 4.99 Å². The van der Waals surface area contributed by atoms with Crippen LogP contribution in [0.2, 0.25) is 0 Å². The highest BCUT2D eigenvalue weighted by Gasteiger charge is 2.24. The van der Waals surface area contributed by atoms with Crippen molar-refractivity contribution in [3.63, 3.8) is 0 Å². The van der Waals surface area contributed by atoms with Gasteiger partial charge >= 0.3 is 0 Å². The fourth-order valence-electron chi connectivity index (χ4n) is 2.42. The summed E-state index contributed by atoms with van der Waals surface area (Å²) < 4.78 is 0. The van der Waals surface area contributed by atoms with Crippen molar-refractivity contribution in [3.8, 4) is 0 Å². The van der Waals surface area contributed by atoms with E-state index >= 15 is 0 Å². The summed E-state index contributed by atoms with van der Waals surface area (Å²) >= 11 is 4.02. The molecule has 1 rings (SSSR count). The normalized spacial score (nSPS) is 22.4. The lowest BCUT2D eigenvalue weighted by molar-refractivity contribution is 0.611. The van der Waals surface area contributed by atoms with Crippen LogP contribution < -0.4 is 10.6 Å². The van der Waals surface area contributed by atoms with Crippen molar-refractivity contribution in [1.29, 1.82) is 0 Å². The molecule has 1 aliphatic rings. The van der Waals surface area contributed by atoms with Gasteiger partial charge in [-0.25, -0.2) is 0 Å². The minimum Gasteiger partial charge on any atom is -0.356 e. The van der Waals surface area contributed by atoms with Gasteiger partial charge in [-0.2, -0.15) is 23.5 Å². The van der Waals surface area contributed by atoms with E-state index in [-0.39, 0.29) is 24.0 Å². The molecule has 2 atom stereocenters. The van der Waals surface area contributed by atoms with E-state index in [1.165, 1.54) is 43.6 Å². The Morgan fingerprint density at radius 3 is 2.75 bits per heavy atom. The van der Waals surface area contributed by atoms with Gasteiger partial charge in [0.2, 0.25) is 0 Å². The quantitative estimate of drug-likeness (QED) is 0.267. The van der Waals surface area contributed by atoms with E-state index in [0.29, 0.717) is 6.04 Å². The lowest BCUT2D eigenvalue weighted by atomic mass is 10.2. The molecular weight excluding hydrogens is 401 g/mol. The monoisotopic (exact) mass is 431 g/mol. The number of thioether (sulfide) groups is 2. The van der Waals surface area contributed by atoms with Crippen LogP contribution in [0.1, 0.15) is 39.0 Å². The molecule has 0 aromatic heterocycles. The van der Waals surface area contributed by atoms with E-state index in [1.807, 2.05) is 18.8 Å². The minimum absolute atomic E-state index is 0. The fraction of sp³-hybridized carbons (Fsp3) is 0.929. The summed E-state index contributed by atoms with van der Waals surface area (Å²) in [6.07, 6.45) is 8.58. The summed E-state index contributed by atoms with van der Waals surface area (Å²) in [5.74, 6) is 3.47. The topological polar surface area (TPSA) is 36.4 Å². The third kappa shape index (κ3) is 8.87. The molecule has 0 heterocycles. The molecule has 3 nitrogen and oxygen atoms in total. The number of nitrogens with one attached hydrogen (secondary N) is 2. The van der Waals surface area contributed by atoms with Crippen molar-refractivity contribution in [3.05, 3.63) is 0 Å². The van der Waals surface area contributed by atoms with Gasteiger partial charge < -0.3 is 10.6 Å². The standard InChI is InChI=1S/C14H29N3S2.HI/c1-4-19-13-8-7-12(11-13)17-14(15-2)16-9-5-6-10-18-3;/h12-13H,4-11H2,1-3H3,(H2,15,16,17);1H. The molecule has 0 aromatic rings. The van der Waals surface area contributed by atoms with E-state index < -0.39 is 0 Å². The van der Waals surface area contributed by atoms with Gasteiger partial charge in [0.1, 0.15) is 0 Å². The van der Waals surface area contributed by atoms with Gasteiger partial charge in [-0.1, -0.05) is 6.92 Å². The molecule has 0 aliphatic heterocycles. The Kier molecular flexibility index (Phi) is 13.8. The van der Waals surface area contributed by atoms with E-state index in [9.17, 15) is 0 Å². The second-order valence-corrected chi connectivity index (χ2v) is 7.49. The third-order valence-corrected chi connectivity index (χ3v) is 5.35. The zero-order chi connectivity index (χ0) is 13.9. The maximum absolute atomic E-state index is 4.32. The Bertz CT molecular complexity index is 265. The highest BCUT2D eigenvalue weighted by atomic mass is 127. The van der Waals surface area contributed by atoms with Crippen LogP contribution in [0.5, 0.6) is 0 Å². The zero-order valence-electron chi connectivity index (χ0n) is 13.0. The summed E-state index contributed by atoms with van der Waals surface area (Å²) in [7, 11) is 1.87. The van der Waals surface area contributed by atoms with Crippen LogP contribution in [-0.4, -0.2) is 48.6 Å². The maximum Gasteiger partial charge on any atom is 0.191 e. The number of rotatable bonds is 8. The summed E-state index contributed by atoms with van der Waals surface area (Å²) in [6.45, 7) is 3.28. The van der Waals surface area contributed by atoms with Crippen molar-refractivity contribution in [2.75, 3.05) is 31.4 Å². The van der Waals surface area contributed by atoms with Gasteiger partial charge in [-0.3, -0.25) is 4.99 Å². The average molecular weight is 431 g/mol. The van der Waals surface area contributed by atoms with Crippen molar-refractivity contribution >= 4 is 53.5 Å². The molecule has 0 saturated heterocycles. The van der Waals surface area contributed by atoms with Crippen LogP contribution in [0.15, 0.2) is 4.99 Å². The molecule has 0 radical (unpaired) electrons. The third-order valence-electron chi connectivity index (χ3n) is 3.42. The molecule has 2 unspecified atom stereocenters. The molecule has 1 saturated carbocycles. The van der Waals surface area contributed by atoms with E-state index in [1.54, 1.807) is 0 Å². The van der Waals surface area contributed by atoms with Gasteiger partial charge in [-0.15, -0.1) is 24.0 Å². The van der Waals surface area contributed by atoms with Crippen molar-refractivity contribution in [1.82, 2.24) is 10.6 Å². The highest BCUT2D eigenvalue weighted by molar-refractivity contribution is 14.0. The Hall–Kier alpha value is 0.700. The lowest BCUT2D eigenvalue weighted by Gasteiger charge is -2.17. The average Bonchev–Trinajstić information content (AvgIpc) is 2.85. The number of halogens is 1. The molecule has 120 valence electrons. The summed E-state index contributed by atoms with van der Waals surface area (Å²) in [4.78, 5) is 4.32. The Labute approximate surface area is 150 Å². The number of nitrogens with zero attached hydrogens (tertiary/aromatic N) is 1. The van der Waals surface area contributed by atoms with Gasteiger partial charge in [0.25, 0.3) is 0 Å². The van der Waals surface area contributed by atoms with Crippen LogP contribution in [0.3, 0.4) is 0 Å². The van der Waals surface area contributed by atoms with Gasteiger partial charge in [0.15, 0.2) is 5.96 Å². The largest absolute Gasteiger partial charge is 0.356 e. The van der Waals surface area contributed by atoms with Crippen LogP contribution in [0.25, 0.3) is 0 Å². The Morgan fingerprint density at radius 2 is 2.10 bits per heavy atom. The van der Waals surface area contributed by atoms with E-state index in [4.69, 9.17) is 0 Å². The first-order chi connectivity index (χ1) is 9.30. The molecule has 0 aromatic carbocycles. The maximum atomic E-state index is 4.32. The molecule has 2 N–H and O–H groups in total. The highest BCUT2D eigenvalue weighted by Crippen LogP contribution is 2.29.